The highest BCUT2D eigenvalue weighted by Crippen LogP contribution is 2.31. The van der Waals surface area contributed by atoms with Crippen molar-refractivity contribution in [2.45, 2.75) is 26.3 Å². The van der Waals surface area contributed by atoms with E-state index in [1.807, 2.05) is 44.2 Å². The number of carbonyl (C=O) groups is 2. The van der Waals surface area contributed by atoms with E-state index in [-0.39, 0.29) is 30.4 Å². The lowest BCUT2D eigenvalue weighted by molar-refractivity contribution is -0.134. The Kier molecular flexibility index (Phi) is 4.78. The summed E-state index contributed by atoms with van der Waals surface area (Å²) in [6.07, 6.45) is 1.99. The van der Waals surface area contributed by atoms with E-state index in [0.717, 1.165) is 12.0 Å². The maximum Gasteiger partial charge on any atom is 0.417 e. The molecule has 0 spiro atoms. The smallest absolute Gasteiger partial charge is 0.417 e. The number of rotatable bonds is 5. The molecule has 0 saturated carbocycles. The third-order valence-electron chi connectivity index (χ3n) is 4.08. The molecule has 1 aromatic rings. The molecule has 3 atom stereocenters. The molecule has 2 amide bonds. The van der Waals surface area contributed by atoms with Gasteiger partial charge in [-0.2, -0.15) is 0 Å². The van der Waals surface area contributed by atoms with Gasteiger partial charge < -0.3 is 4.74 Å². The van der Waals surface area contributed by atoms with Crippen molar-refractivity contribution in [1.82, 2.24) is 4.90 Å². The minimum absolute atomic E-state index is 0.139. The second-order valence-electron chi connectivity index (χ2n) is 5.50. The average Bonchev–Trinajstić information content (AvgIpc) is 2.88. The van der Waals surface area contributed by atoms with E-state index >= 15 is 0 Å². The van der Waals surface area contributed by atoms with Crippen LogP contribution in [0.25, 0.3) is 0 Å². The number of allylic oxidation sites excluding steroid dienone is 1. The Morgan fingerprint density at radius 3 is 2.71 bits per heavy atom. The summed E-state index contributed by atoms with van der Waals surface area (Å²) in [5.74, 6) is -0.291. The Morgan fingerprint density at radius 1 is 1.43 bits per heavy atom. The summed E-state index contributed by atoms with van der Waals surface area (Å²) in [6, 6.07) is 9.18. The lowest BCUT2D eigenvalue weighted by atomic mass is 9.91. The summed E-state index contributed by atoms with van der Waals surface area (Å²) in [6.45, 7) is 7.76. The Hall–Kier alpha value is -2.10. The molecule has 1 aromatic carbocycles. The van der Waals surface area contributed by atoms with Crippen LogP contribution in [-0.2, 0) is 9.53 Å². The molecule has 1 aliphatic rings. The molecule has 4 heteroatoms. The van der Waals surface area contributed by atoms with Gasteiger partial charge in [0.15, 0.2) is 0 Å². The normalized spacial score (nSPS) is 20.8. The topological polar surface area (TPSA) is 46.6 Å². The molecule has 4 nitrogen and oxygen atoms in total. The summed E-state index contributed by atoms with van der Waals surface area (Å²) < 4.78 is 5.09. The molecule has 0 radical (unpaired) electrons. The van der Waals surface area contributed by atoms with E-state index in [1.165, 1.54) is 4.90 Å². The zero-order valence-corrected chi connectivity index (χ0v) is 12.5. The van der Waals surface area contributed by atoms with Crippen LogP contribution in [-0.4, -0.2) is 23.5 Å². The third kappa shape index (κ3) is 3.15. The fourth-order valence-electron chi connectivity index (χ4n) is 2.52. The van der Waals surface area contributed by atoms with Crippen LogP contribution in [0.5, 0.6) is 0 Å². The summed E-state index contributed by atoms with van der Waals surface area (Å²) in [4.78, 5) is 25.9. The minimum Gasteiger partial charge on any atom is -0.446 e. The number of ether oxygens (including phenoxy) is 1. The fourth-order valence-corrected chi connectivity index (χ4v) is 2.52. The SMILES string of the molecule is C=CCC(C)C(C)C(=O)N1C(=O)OC[C@H]1c1ccccc1. The van der Waals surface area contributed by atoms with Crippen LogP contribution in [0.1, 0.15) is 31.9 Å². The van der Waals surface area contributed by atoms with E-state index in [9.17, 15) is 9.59 Å². The molecule has 21 heavy (non-hydrogen) atoms. The Morgan fingerprint density at radius 2 is 2.10 bits per heavy atom. The van der Waals surface area contributed by atoms with Gasteiger partial charge in [0.05, 0.1) is 0 Å². The number of cyclic esters (lactones) is 1. The molecule has 1 heterocycles. The van der Waals surface area contributed by atoms with Gasteiger partial charge in [-0.05, 0) is 17.9 Å². The molecule has 2 unspecified atom stereocenters. The minimum atomic E-state index is -0.550. The average molecular weight is 287 g/mol. The second kappa shape index (κ2) is 6.57. The summed E-state index contributed by atoms with van der Waals surface area (Å²) >= 11 is 0. The maximum absolute atomic E-state index is 12.6. The van der Waals surface area contributed by atoms with E-state index in [0.29, 0.717) is 0 Å². The van der Waals surface area contributed by atoms with Crippen LogP contribution in [0.4, 0.5) is 4.79 Å². The standard InChI is InChI=1S/C17H21NO3/c1-4-8-12(2)13(3)16(19)18-15(11-21-17(18)20)14-9-6-5-7-10-14/h4-7,9-10,12-13,15H,1,8,11H2,2-3H3/t12?,13?,15-/m0/s1. The lowest BCUT2D eigenvalue weighted by Crippen LogP contribution is -2.39. The van der Waals surface area contributed by atoms with Crippen molar-refractivity contribution < 1.29 is 14.3 Å². The summed E-state index contributed by atoms with van der Waals surface area (Å²) in [5, 5.41) is 0. The van der Waals surface area contributed by atoms with Crippen LogP contribution < -0.4 is 0 Å². The predicted octanol–water partition coefficient (Wildman–Crippen LogP) is 3.55. The van der Waals surface area contributed by atoms with Crippen LogP contribution in [0.2, 0.25) is 0 Å². The monoisotopic (exact) mass is 287 g/mol. The quantitative estimate of drug-likeness (QED) is 0.778. The number of hydrogen-bond donors (Lipinski definition) is 0. The van der Waals surface area contributed by atoms with Crippen molar-refractivity contribution in [1.29, 1.82) is 0 Å². The molecular formula is C17H21NO3. The first kappa shape index (κ1) is 15.3. The number of carbonyl (C=O) groups excluding carboxylic acids is 2. The van der Waals surface area contributed by atoms with Gasteiger partial charge in [0, 0.05) is 5.92 Å². The van der Waals surface area contributed by atoms with Crippen LogP contribution >= 0.6 is 0 Å². The molecule has 2 rings (SSSR count). The molecule has 1 saturated heterocycles. The highest BCUT2D eigenvalue weighted by Gasteiger charge is 2.41. The highest BCUT2D eigenvalue weighted by molar-refractivity contribution is 5.94. The van der Waals surface area contributed by atoms with E-state index in [2.05, 4.69) is 6.58 Å². The molecule has 112 valence electrons. The predicted molar refractivity (Wildman–Crippen MR) is 80.5 cm³/mol. The van der Waals surface area contributed by atoms with E-state index in [1.54, 1.807) is 6.08 Å². The Bertz CT molecular complexity index is 526. The molecular weight excluding hydrogens is 266 g/mol. The van der Waals surface area contributed by atoms with Gasteiger partial charge in [0.1, 0.15) is 12.6 Å². The molecule has 0 aliphatic carbocycles. The van der Waals surface area contributed by atoms with Crippen LogP contribution in [0.3, 0.4) is 0 Å². The second-order valence-corrected chi connectivity index (χ2v) is 5.50. The highest BCUT2D eigenvalue weighted by atomic mass is 16.6. The maximum atomic E-state index is 12.6. The van der Waals surface area contributed by atoms with Crippen LogP contribution in [0.15, 0.2) is 43.0 Å². The van der Waals surface area contributed by atoms with E-state index < -0.39 is 6.09 Å². The van der Waals surface area contributed by atoms with E-state index in [4.69, 9.17) is 4.74 Å². The van der Waals surface area contributed by atoms with Gasteiger partial charge in [-0.3, -0.25) is 4.79 Å². The first-order valence-corrected chi connectivity index (χ1v) is 7.22. The number of nitrogens with zero attached hydrogens (tertiary/aromatic N) is 1. The molecule has 0 bridgehead atoms. The van der Waals surface area contributed by atoms with Gasteiger partial charge in [-0.1, -0.05) is 50.3 Å². The van der Waals surface area contributed by atoms with Crippen molar-refractivity contribution in [2.24, 2.45) is 11.8 Å². The van der Waals surface area contributed by atoms with Gasteiger partial charge >= 0.3 is 6.09 Å². The number of amides is 2. The summed E-state index contributed by atoms with van der Waals surface area (Å²) in [5.41, 5.74) is 0.917. The third-order valence-corrected chi connectivity index (χ3v) is 4.08. The molecule has 0 N–H and O–H groups in total. The first-order chi connectivity index (χ1) is 10.1. The number of hydrogen-bond acceptors (Lipinski definition) is 3. The van der Waals surface area contributed by atoms with Crippen molar-refractivity contribution >= 4 is 12.0 Å². The lowest BCUT2D eigenvalue weighted by Gasteiger charge is -2.25. The molecule has 1 fully saturated rings. The Balaban J connectivity index is 2.20. The fraction of sp³-hybridized carbons (Fsp3) is 0.412. The number of imide groups is 1. The Labute approximate surface area is 125 Å². The van der Waals surface area contributed by atoms with Gasteiger partial charge in [0.25, 0.3) is 0 Å². The largest absolute Gasteiger partial charge is 0.446 e. The molecule has 1 aliphatic heterocycles. The molecule has 0 aromatic heterocycles. The van der Waals surface area contributed by atoms with Gasteiger partial charge in [0.2, 0.25) is 5.91 Å². The van der Waals surface area contributed by atoms with Crippen molar-refractivity contribution in [3.8, 4) is 0 Å². The van der Waals surface area contributed by atoms with Gasteiger partial charge in [-0.15, -0.1) is 6.58 Å². The first-order valence-electron chi connectivity index (χ1n) is 7.22. The van der Waals surface area contributed by atoms with Crippen LogP contribution in [0, 0.1) is 11.8 Å². The van der Waals surface area contributed by atoms with Crippen molar-refractivity contribution in [3.63, 3.8) is 0 Å². The zero-order chi connectivity index (χ0) is 15.4. The summed E-state index contributed by atoms with van der Waals surface area (Å²) in [7, 11) is 0. The van der Waals surface area contributed by atoms with Crippen molar-refractivity contribution in [3.05, 3.63) is 48.6 Å². The van der Waals surface area contributed by atoms with Crippen molar-refractivity contribution in [2.75, 3.05) is 6.61 Å². The zero-order valence-electron chi connectivity index (χ0n) is 12.5. The van der Waals surface area contributed by atoms with Gasteiger partial charge in [-0.25, -0.2) is 9.69 Å². The number of benzene rings is 1.